The summed E-state index contributed by atoms with van der Waals surface area (Å²) in [6.45, 7) is 5.27. The molecule has 2 aromatic carbocycles. The van der Waals surface area contributed by atoms with E-state index in [2.05, 4.69) is 38.1 Å². The summed E-state index contributed by atoms with van der Waals surface area (Å²) in [4.78, 5) is 47.3. The van der Waals surface area contributed by atoms with Crippen molar-refractivity contribution in [3.8, 4) is 27.8 Å². The number of piperidine rings is 2. The van der Waals surface area contributed by atoms with Crippen LogP contribution in [0.15, 0.2) is 96.4 Å². The Morgan fingerprint density at radius 2 is 1.71 bits per heavy atom. The Bertz CT molecular complexity index is 2330. The third-order valence-corrected chi connectivity index (χ3v) is 12.1. The van der Waals surface area contributed by atoms with E-state index in [0.717, 1.165) is 53.6 Å². The minimum Gasteiger partial charge on any atom is -0.497 e. The van der Waals surface area contributed by atoms with E-state index < -0.39 is 5.60 Å². The van der Waals surface area contributed by atoms with Crippen LogP contribution in [0.2, 0.25) is 0 Å². The summed E-state index contributed by atoms with van der Waals surface area (Å²) in [6.07, 6.45) is 8.61. The number of hydrogen-bond acceptors (Lipinski definition) is 10. The number of rotatable bonds is 10. The van der Waals surface area contributed by atoms with Crippen LogP contribution in [-0.2, 0) is 17.9 Å². The first-order valence-corrected chi connectivity index (χ1v) is 19.5. The number of amides is 1. The fourth-order valence-corrected chi connectivity index (χ4v) is 8.93. The highest BCUT2D eigenvalue weighted by Crippen LogP contribution is 2.37. The number of carbonyl (C=O) groups is 1. The molecule has 1 N–H and O–H groups in total. The lowest BCUT2D eigenvalue weighted by Crippen LogP contribution is -2.53. The number of carbonyl (C=O) groups excluding carboxylic acids is 1. The van der Waals surface area contributed by atoms with Gasteiger partial charge >= 0.3 is 0 Å². The molecule has 8 rings (SSSR count). The van der Waals surface area contributed by atoms with Crippen LogP contribution in [0.25, 0.3) is 27.3 Å². The first-order chi connectivity index (χ1) is 26.7. The van der Waals surface area contributed by atoms with Crippen LogP contribution in [0.3, 0.4) is 0 Å². The maximum absolute atomic E-state index is 14.3. The quantitative estimate of drug-likeness (QED) is 0.187. The highest BCUT2D eigenvalue weighted by Gasteiger charge is 2.41. The third-order valence-electron chi connectivity index (χ3n) is 11.1. The fraction of sp³-hybridized carbons (Fsp3) is 0.357. The average Bonchev–Trinajstić information content (AvgIpc) is 3.87. The molecular weight excluding hydrogens is 715 g/mol. The van der Waals surface area contributed by atoms with E-state index in [1.165, 1.54) is 15.8 Å². The van der Waals surface area contributed by atoms with E-state index in [0.29, 0.717) is 48.5 Å². The van der Waals surface area contributed by atoms with Gasteiger partial charge in [-0.1, -0.05) is 30.3 Å². The first-order valence-electron chi connectivity index (χ1n) is 18.7. The van der Waals surface area contributed by atoms with E-state index in [4.69, 9.17) is 9.47 Å². The summed E-state index contributed by atoms with van der Waals surface area (Å²) < 4.78 is 14.2. The molecule has 6 aromatic rings. The standard InChI is InChI=1S/C42H45N7O5S/c1-28-9-10-30(22-43-28)39-44-23-34(55-39)24-46-15-11-35(37(25-46)29-7-5-4-6-8-29)40(50)47-17-13-42(52,14-18-47)26-48-27-45-38-36(41(48)51)12-16-49(38)31-19-32(53-2)21-33(20-31)54-3/h4-10,12,16,19-23,27,35,37,52H,11,13-15,17-18,24-26H2,1-3H3/t35-,37+/m1/s1. The van der Waals surface area contributed by atoms with Gasteiger partial charge in [-0.2, -0.15) is 0 Å². The van der Waals surface area contributed by atoms with Crippen LogP contribution in [0, 0.1) is 12.8 Å². The second-order valence-corrected chi connectivity index (χ2v) is 15.8. The van der Waals surface area contributed by atoms with Crippen LogP contribution in [0.4, 0.5) is 0 Å². The van der Waals surface area contributed by atoms with Crippen molar-refractivity contribution >= 4 is 28.3 Å². The maximum Gasteiger partial charge on any atom is 0.262 e. The number of hydrogen-bond donors (Lipinski definition) is 1. The molecule has 284 valence electrons. The Labute approximate surface area is 323 Å². The summed E-state index contributed by atoms with van der Waals surface area (Å²) in [7, 11) is 3.18. The monoisotopic (exact) mass is 759 g/mol. The highest BCUT2D eigenvalue weighted by atomic mass is 32.1. The van der Waals surface area contributed by atoms with Crippen molar-refractivity contribution in [3.63, 3.8) is 0 Å². The summed E-state index contributed by atoms with van der Waals surface area (Å²) >= 11 is 1.69. The fourth-order valence-electron chi connectivity index (χ4n) is 7.99. The zero-order valence-corrected chi connectivity index (χ0v) is 32.1. The number of ether oxygens (including phenoxy) is 2. The van der Waals surface area contributed by atoms with E-state index in [9.17, 15) is 14.7 Å². The number of nitrogens with zero attached hydrogens (tertiary/aromatic N) is 7. The van der Waals surface area contributed by atoms with Gasteiger partial charge in [-0.15, -0.1) is 11.3 Å². The highest BCUT2D eigenvalue weighted by molar-refractivity contribution is 7.15. The van der Waals surface area contributed by atoms with E-state index >= 15 is 0 Å². The van der Waals surface area contributed by atoms with Crippen molar-refractivity contribution in [2.24, 2.45) is 5.92 Å². The Morgan fingerprint density at radius 3 is 2.42 bits per heavy atom. The number of fused-ring (bicyclic) bond motifs is 1. The second-order valence-electron chi connectivity index (χ2n) is 14.7. The molecule has 55 heavy (non-hydrogen) atoms. The number of benzene rings is 2. The van der Waals surface area contributed by atoms with Crippen LogP contribution in [0.1, 0.15) is 41.3 Å². The zero-order valence-electron chi connectivity index (χ0n) is 31.3. The number of aryl methyl sites for hydroxylation is 1. The van der Waals surface area contributed by atoms with E-state index in [1.54, 1.807) is 43.9 Å². The molecule has 12 nitrogen and oxygen atoms in total. The van der Waals surface area contributed by atoms with E-state index in [1.807, 2.05) is 65.2 Å². The predicted octanol–water partition coefficient (Wildman–Crippen LogP) is 5.69. The summed E-state index contributed by atoms with van der Waals surface area (Å²) in [5.41, 5.74) is 3.03. The molecule has 4 aromatic heterocycles. The molecule has 13 heteroatoms. The van der Waals surface area contributed by atoms with Gasteiger partial charge in [0.15, 0.2) is 5.65 Å². The van der Waals surface area contributed by atoms with Crippen molar-refractivity contribution in [1.29, 1.82) is 0 Å². The van der Waals surface area contributed by atoms with E-state index in [-0.39, 0.29) is 29.8 Å². The van der Waals surface area contributed by atoms with Crippen LogP contribution >= 0.6 is 11.3 Å². The van der Waals surface area contributed by atoms with Gasteiger partial charge in [0.05, 0.1) is 37.4 Å². The van der Waals surface area contributed by atoms with Gasteiger partial charge in [0.1, 0.15) is 22.8 Å². The number of methoxy groups -OCH3 is 2. The van der Waals surface area contributed by atoms with Crippen molar-refractivity contribution < 1.29 is 19.4 Å². The number of thiazole rings is 1. The molecular formula is C42H45N7O5S. The molecule has 0 spiro atoms. The van der Waals surface area contributed by atoms with Crippen molar-refractivity contribution in [3.05, 3.63) is 118 Å². The molecule has 2 fully saturated rings. The zero-order chi connectivity index (χ0) is 38.1. The summed E-state index contributed by atoms with van der Waals surface area (Å²) in [5.74, 6) is 1.26. The molecule has 0 saturated carbocycles. The largest absolute Gasteiger partial charge is 0.497 e. The lowest BCUT2D eigenvalue weighted by Gasteiger charge is -2.43. The van der Waals surface area contributed by atoms with Gasteiger partial charge in [0.25, 0.3) is 5.56 Å². The predicted molar refractivity (Wildman–Crippen MR) is 212 cm³/mol. The molecule has 1 amide bonds. The van der Waals surface area contributed by atoms with Gasteiger partial charge in [-0.25, -0.2) is 9.97 Å². The van der Waals surface area contributed by atoms with Gasteiger partial charge in [-0.05, 0) is 56.5 Å². The topological polar surface area (TPSA) is 128 Å². The molecule has 2 atom stereocenters. The SMILES string of the molecule is COc1cc(OC)cc(-n2ccc3c(=O)n(CC4(O)CCN(C(=O)[C@@H]5CCN(Cc6cnc(-c7ccc(C)nc7)s6)C[C@H]5c5ccccc5)CC4)cnc32)c1. The Morgan fingerprint density at radius 1 is 0.945 bits per heavy atom. The van der Waals surface area contributed by atoms with Crippen LogP contribution in [-0.4, -0.2) is 90.9 Å². The van der Waals surface area contributed by atoms with Crippen molar-refractivity contribution in [2.75, 3.05) is 40.4 Å². The molecule has 2 aliphatic rings. The minimum absolute atomic E-state index is 0.0405. The number of likely N-dealkylation sites (tertiary alicyclic amines) is 2. The summed E-state index contributed by atoms with van der Waals surface area (Å²) in [5, 5.41) is 13.2. The normalized spacial score (nSPS) is 18.7. The van der Waals surface area contributed by atoms with Gasteiger partial charge in [0.2, 0.25) is 5.91 Å². The summed E-state index contributed by atoms with van der Waals surface area (Å²) in [6, 6.07) is 21.6. The van der Waals surface area contributed by atoms with Crippen molar-refractivity contribution in [2.45, 2.75) is 50.8 Å². The molecule has 2 saturated heterocycles. The molecule has 0 radical (unpaired) electrons. The number of pyridine rings is 1. The lowest BCUT2D eigenvalue weighted by atomic mass is 9.79. The number of aromatic nitrogens is 5. The Kier molecular flexibility index (Phi) is 10.2. The number of aliphatic hydroxyl groups is 1. The Hall–Kier alpha value is -5.37. The molecule has 0 bridgehead atoms. The second kappa shape index (κ2) is 15.4. The van der Waals surface area contributed by atoms with Crippen LogP contribution < -0.4 is 15.0 Å². The lowest BCUT2D eigenvalue weighted by molar-refractivity contribution is -0.142. The third kappa shape index (κ3) is 7.64. The van der Waals surface area contributed by atoms with Gasteiger partial charge < -0.3 is 24.0 Å². The smallest absolute Gasteiger partial charge is 0.262 e. The minimum atomic E-state index is -1.15. The molecule has 0 unspecified atom stereocenters. The molecule has 6 heterocycles. The molecule has 0 aliphatic carbocycles. The Balaban J connectivity index is 0.930. The molecule has 2 aliphatic heterocycles. The maximum atomic E-state index is 14.3. The average molecular weight is 760 g/mol. The van der Waals surface area contributed by atoms with Gasteiger partial charge in [-0.3, -0.25) is 24.0 Å². The van der Waals surface area contributed by atoms with Crippen molar-refractivity contribution in [1.82, 2.24) is 33.9 Å². The first kappa shape index (κ1) is 36.6. The van der Waals surface area contributed by atoms with Crippen LogP contribution in [0.5, 0.6) is 11.5 Å². The van der Waals surface area contributed by atoms with Gasteiger partial charge in [0, 0.05) is 90.9 Å².